The molecule has 1 N–H and O–H groups in total. The van der Waals surface area contributed by atoms with E-state index in [9.17, 15) is 4.79 Å². The van der Waals surface area contributed by atoms with Crippen molar-refractivity contribution in [3.63, 3.8) is 0 Å². The second-order valence-electron chi connectivity index (χ2n) is 9.99. The molecule has 0 aliphatic carbocycles. The second kappa shape index (κ2) is 11.3. The molecule has 1 aromatic heterocycles. The van der Waals surface area contributed by atoms with E-state index < -0.39 is 0 Å². The number of carbonyl (C=O) groups excluding carboxylic acids is 1. The van der Waals surface area contributed by atoms with Crippen molar-refractivity contribution in [2.24, 2.45) is 0 Å². The number of rotatable bonds is 8. The fourth-order valence-corrected chi connectivity index (χ4v) is 5.13. The topological polar surface area (TPSA) is 48.5 Å². The highest BCUT2D eigenvalue weighted by molar-refractivity contribution is 6.30. The molecule has 0 saturated heterocycles. The Morgan fingerprint density at radius 2 is 1.74 bits per heavy atom. The summed E-state index contributed by atoms with van der Waals surface area (Å²) in [5.74, 6) is 0.0815. The fraction of sp³-hybridized carbons (Fsp3) is 0.250. The molecule has 2 heterocycles. The van der Waals surface area contributed by atoms with Gasteiger partial charge in [-0.15, -0.1) is 0 Å². The molecule has 0 spiro atoms. The van der Waals surface area contributed by atoms with Gasteiger partial charge in [0.2, 0.25) is 5.91 Å². The summed E-state index contributed by atoms with van der Waals surface area (Å²) in [5.41, 5.74) is 7.45. The van der Waals surface area contributed by atoms with Gasteiger partial charge < -0.3 is 15.1 Å². The van der Waals surface area contributed by atoms with Gasteiger partial charge in [-0.2, -0.15) is 0 Å². The molecule has 1 aliphatic rings. The summed E-state index contributed by atoms with van der Waals surface area (Å²) in [6.07, 6.45) is 5.02. The minimum Gasteiger partial charge on any atom is -0.383 e. The summed E-state index contributed by atoms with van der Waals surface area (Å²) in [5, 5.41) is 4.27. The molecule has 5 rings (SSSR count). The number of hydrogen-bond acceptors (Lipinski definition) is 4. The van der Waals surface area contributed by atoms with Gasteiger partial charge in [0.25, 0.3) is 0 Å². The molecule has 2 atom stereocenters. The third kappa shape index (κ3) is 5.53. The van der Waals surface area contributed by atoms with Crippen LogP contribution in [-0.2, 0) is 17.8 Å². The highest BCUT2D eigenvalue weighted by atomic mass is 35.5. The summed E-state index contributed by atoms with van der Waals surface area (Å²) in [7, 11) is 2.07. The number of amides is 1. The van der Waals surface area contributed by atoms with E-state index in [-0.39, 0.29) is 11.9 Å². The zero-order chi connectivity index (χ0) is 26.6. The Morgan fingerprint density at radius 3 is 2.42 bits per heavy atom. The van der Waals surface area contributed by atoms with Crippen LogP contribution in [0.2, 0.25) is 5.02 Å². The van der Waals surface area contributed by atoms with Crippen LogP contribution in [0.15, 0.2) is 91.3 Å². The van der Waals surface area contributed by atoms with Crippen LogP contribution in [0.3, 0.4) is 0 Å². The number of pyridine rings is 1. The third-order valence-electron chi connectivity index (χ3n) is 7.26. The zero-order valence-corrected chi connectivity index (χ0v) is 22.8. The van der Waals surface area contributed by atoms with E-state index in [1.807, 2.05) is 65.8 Å². The largest absolute Gasteiger partial charge is 0.383 e. The molecule has 2 unspecified atom stereocenters. The van der Waals surface area contributed by atoms with Gasteiger partial charge >= 0.3 is 0 Å². The molecular weight excluding hydrogens is 492 g/mol. The lowest BCUT2D eigenvalue weighted by atomic mass is 9.87. The average Bonchev–Trinajstić information content (AvgIpc) is 2.93. The number of benzene rings is 3. The first-order valence-corrected chi connectivity index (χ1v) is 13.5. The van der Waals surface area contributed by atoms with Crippen LogP contribution < -0.4 is 15.1 Å². The highest BCUT2D eigenvalue weighted by Crippen LogP contribution is 2.41. The zero-order valence-electron chi connectivity index (χ0n) is 22.1. The number of carbonyl (C=O) groups is 1. The SMILES string of the molecule is CCC(C)Nc1ccc2c(c1)C(c1ccc(Cl)cc1)N(c1ccc(N(C)Cc3ccncc3)cc1)C(=O)C2. The minimum atomic E-state index is -0.248. The van der Waals surface area contributed by atoms with Crippen LogP contribution in [0.25, 0.3) is 0 Å². The van der Waals surface area contributed by atoms with Crippen LogP contribution in [-0.4, -0.2) is 24.0 Å². The predicted molar refractivity (Wildman–Crippen MR) is 157 cm³/mol. The number of nitrogens with zero attached hydrogens (tertiary/aromatic N) is 3. The van der Waals surface area contributed by atoms with Crippen LogP contribution in [0, 0.1) is 0 Å². The summed E-state index contributed by atoms with van der Waals surface area (Å²) < 4.78 is 0. The maximum atomic E-state index is 13.6. The number of aromatic nitrogens is 1. The molecule has 3 aromatic carbocycles. The molecule has 4 aromatic rings. The first-order valence-electron chi connectivity index (χ1n) is 13.1. The van der Waals surface area contributed by atoms with E-state index >= 15 is 0 Å². The maximum Gasteiger partial charge on any atom is 0.232 e. The van der Waals surface area contributed by atoms with Crippen molar-refractivity contribution in [2.75, 3.05) is 22.2 Å². The quantitative estimate of drug-likeness (QED) is 0.263. The smallest absolute Gasteiger partial charge is 0.232 e. The fourth-order valence-electron chi connectivity index (χ4n) is 5.01. The van der Waals surface area contributed by atoms with Crippen LogP contribution in [0.5, 0.6) is 0 Å². The van der Waals surface area contributed by atoms with E-state index in [1.165, 1.54) is 5.56 Å². The monoisotopic (exact) mass is 524 g/mol. The highest BCUT2D eigenvalue weighted by Gasteiger charge is 2.35. The Labute approximate surface area is 230 Å². The van der Waals surface area contributed by atoms with Gasteiger partial charge in [-0.3, -0.25) is 9.78 Å². The lowest BCUT2D eigenvalue weighted by molar-refractivity contribution is -0.118. The van der Waals surface area contributed by atoms with Crippen molar-refractivity contribution >= 4 is 34.6 Å². The van der Waals surface area contributed by atoms with Gasteiger partial charge in [0.15, 0.2) is 0 Å². The van der Waals surface area contributed by atoms with Crippen molar-refractivity contribution < 1.29 is 4.79 Å². The number of nitrogens with one attached hydrogen (secondary N) is 1. The summed E-state index contributed by atoms with van der Waals surface area (Å²) in [4.78, 5) is 21.9. The van der Waals surface area contributed by atoms with Gasteiger partial charge in [0, 0.05) is 54.1 Å². The van der Waals surface area contributed by atoms with Crippen molar-refractivity contribution in [3.05, 3.63) is 119 Å². The molecule has 6 heteroatoms. The standard InChI is InChI=1S/C32H33ClN4O/c1-4-22(2)35-27-10-7-25-19-31(38)37(32(30(25)20-27)24-5-8-26(33)9-6-24)29-13-11-28(12-14-29)36(3)21-23-15-17-34-18-16-23/h5-18,20,22,32,35H,4,19,21H2,1-3H3. The lowest BCUT2D eigenvalue weighted by Crippen LogP contribution is -2.41. The van der Waals surface area contributed by atoms with E-state index in [1.54, 1.807) is 0 Å². The Balaban J connectivity index is 1.51. The Hall–Kier alpha value is -3.83. The first-order chi connectivity index (χ1) is 18.4. The van der Waals surface area contributed by atoms with Crippen LogP contribution in [0.4, 0.5) is 17.1 Å². The van der Waals surface area contributed by atoms with Gasteiger partial charge in [0.1, 0.15) is 0 Å². The molecule has 0 bridgehead atoms. The normalized spacial score (nSPS) is 15.6. The third-order valence-corrected chi connectivity index (χ3v) is 7.51. The maximum absolute atomic E-state index is 13.6. The predicted octanol–water partition coefficient (Wildman–Crippen LogP) is 7.26. The van der Waals surface area contributed by atoms with Crippen molar-refractivity contribution in [3.8, 4) is 0 Å². The summed E-state index contributed by atoms with van der Waals surface area (Å²) >= 11 is 6.24. The first kappa shape index (κ1) is 25.8. The van der Waals surface area contributed by atoms with Crippen molar-refractivity contribution in [1.29, 1.82) is 0 Å². The number of hydrogen-bond donors (Lipinski definition) is 1. The summed E-state index contributed by atoms with van der Waals surface area (Å²) in [6.45, 7) is 5.13. The van der Waals surface area contributed by atoms with Crippen LogP contribution >= 0.6 is 11.6 Å². The van der Waals surface area contributed by atoms with E-state index in [4.69, 9.17) is 11.6 Å². The van der Waals surface area contributed by atoms with Gasteiger partial charge in [-0.1, -0.05) is 36.7 Å². The van der Waals surface area contributed by atoms with Gasteiger partial charge in [-0.25, -0.2) is 0 Å². The van der Waals surface area contributed by atoms with E-state index in [0.717, 1.165) is 46.7 Å². The molecule has 194 valence electrons. The Morgan fingerprint density at radius 1 is 1.03 bits per heavy atom. The van der Waals surface area contributed by atoms with Gasteiger partial charge in [0.05, 0.1) is 12.5 Å². The molecule has 5 nitrogen and oxygen atoms in total. The number of fused-ring (bicyclic) bond motifs is 1. The Kier molecular flexibility index (Phi) is 7.66. The number of anilines is 3. The van der Waals surface area contributed by atoms with Gasteiger partial charge in [-0.05, 0) is 96.3 Å². The average molecular weight is 525 g/mol. The van der Waals surface area contributed by atoms with Crippen molar-refractivity contribution in [1.82, 2.24) is 4.98 Å². The molecular formula is C32H33ClN4O. The second-order valence-corrected chi connectivity index (χ2v) is 10.4. The molecule has 0 saturated carbocycles. The molecule has 1 aliphatic heterocycles. The van der Waals surface area contributed by atoms with Crippen molar-refractivity contribution in [2.45, 2.75) is 45.3 Å². The molecule has 38 heavy (non-hydrogen) atoms. The Bertz CT molecular complexity index is 1390. The lowest BCUT2D eigenvalue weighted by Gasteiger charge is -2.38. The van der Waals surface area contributed by atoms with E-state index in [2.05, 4.69) is 66.4 Å². The van der Waals surface area contributed by atoms with Crippen LogP contribution in [0.1, 0.15) is 48.6 Å². The summed E-state index contributed by atoms with van der Waals surface area (Å²) in [6, 6.07) is 26.6. The number of halogens is 1. The molecule has 0 radical (unpaired) electrons. The molecule has 1 amide bonds. The van der Waals surface area contributed by atoms with E-state index in [0.29, 0.717) is 17.5 Å². The molecule has 0 fully saturated rings. The minimum absolute atomic E-state index is 0.0815.